The van der Waals surface area contributed by atoms with Crippen LogP contribution >= 0.6 is 0 Å². The molecule has 0 radical (unpaired) electrons. The van der Waals surface area contributed by atoms with Crippen LogP contribution < -0.4 is 5.32 Å². The number of aliphatic hydroxyl groups is 4. The van der Waals surface area contributed by atoms with Gasteiger partial charge in [0.1, 0.15) is 12.2 Å². The molecule has 0 aliphatic rings. The fourth-order valence-corrected chi connectivity index (χ4v) is 10.8. The molecule has 4 unspecified atom stereocenters. The molecular weight excluding hydrogens is 863 g/mol. The minimum Gasteiger partial charge on any atom is -0.394 e. The number of unbranched alkanes of at least 4 members (excludes halogenated alkanes) is 52. The lowest BCUT2D eigenvalue weighted by Gasteiger charge is -2.27. The predicted molar refractivity (Wildman–Crippen MR) is 307 cm³/mol. The van der Waals surface area contributed by atoms with Crippen LogP contribution in [0, 0.1) is 0 Å². The van der Waals surface area contributed by atoms with Crippen molar-refractivity contribution in [1.82, 2.24) is 5.32 Å². The number of hydrogen-bond donors (Lipinski definition) is 5. The Morgan fingerprint density at radius 3 is 0.686 bits per heavy atom. The number of amides is 1. The van der Waals surface area contributed by atoms with Gasteiger partial charge in [-0.1, -0.05) is 361 Å². The topological polar surface area (TPSA) is 110 Å². The Hall–Kier alpha value is -0.690. The van der Waals surface area contributed by atoms with Gasteiger partial charge in [-0.3, -0.25) is 4.79 Å². The van der Waals surface area contributed by atoms with Crippen LogP contribution in [0.15, 0.2) is 0 Å². The molecule has 0 aliphatic heterocycles. The number of carbonyl (C=O) groups is 1. The lowest BCUT2D eigenvalue weighted by Crippen LogP contribution is -2.53. The van der Waals surface area contributed by atoms with Crippen LogP contribution in [-0.2, 0) is 4.79 Å². The van der Waals surface area contributed by atoms with Crippen LogP contribution in [0.5, 0.6) is 0 Å². The predicted octanol–water partition coefficient (Wildman–Crippen LogP) is 19.4. The number of nitrogens with one attached hydrogen (secondary N) is 1. The van der Waals surface area contributed by atoms with E-state index in [2.05, 4.69) is 19.2 Å². The van der Waals surface area contributed by atoms with Gasteiger partial charge < -0.3 is 25.7 Å². The summed E-state index contributed by atoms with van der Waals surface area (Å²) in [6.45, 7) is 4.11. The smallest absolute Gasteiger partial charge is 0.249 e. The quantitative estimate of drug-likeness (QED) is 0.0390. The minimum atomic E-state index is -1.26. The fraction of sp³-hybridized carbons (Fsp3) is 0.984. The van der Waals surface area contributed by atoms with Gasteiger partial charge in [0.25, 0.3) is 0 Å². The normalized spacial score (nSPS) is 13.5. The first-order valence-corrected chi connectivity index (χ1v) is 32.4. The first-order valence-electron chi connectivity index (χ1n) is 32.4. The van der Waals surface area contributed by atoms with E-state index in [1.54, 1.807) is 0 Å². The van der Waals surface area contributed by atoms with Crippen molar-refractivity contribution in [2.75, 3.05) is 6.61 Å². The highest BCUT2D eigenvalue weighted by Gasteiger charge is 2.28. The van der Waals surface area contributed by atoms with Crippen LogP contribution in [0.2, 0.25) is 0 Å². The van der Waals surface area contributed by atoms with Crippen molar-refractivity contribution in [3.63, 3.8) is 0 Å². The summed E-state index contributed by atoms with van der Waals surface area (Å²) < 4.78 is 0. The van der Waals surface area contributed by atoms with Gasteiger partial charge in [0, 0.05) is 0 Å². The van der Waals surface area contributed by atoms with Gasteiger partial charge >= 0.3 is 0 Å². The third-order valence-electron chi connectivity index (χ3n) is 15.8. The third kappa shape index (κ3) is 52.2. The van der Waals surface area contributed by atoms with Crippen LogP contribution in [0.1, 0.15) is 373 Å². The molecule has 6 nitrogen and oxygen atoms in total. The van der Waals surface area contributed by atoms with Gasteiger partial charge in [0.15, 0.2) is 0 Å². The van der Waals surface area contributed by atoms with Gasteiger partial charge in [-0.15, -0.1) is 0 Å². The van der Waals surface area contributed by atoms with Gasteiger partial charge in [-0.25, -0.2) is 0 Å². The Labute approximate surface area is 439 Å². The maximum absolute atomic E-state index is 12.6. The Balaban J connectivity index is 3.53. The summed E-state index contributed by atoms with van der Waals surface area (Å²) in [5, 5.41) is 44.2. The zero-order valence-electron chi connectivity index (χ0n) is 47.8. The van der Waals surface area contributed by atoms with Crippen molar-refractivity contribution in [3.05, 3.63) is 0 Å². The third-order valence-corrected chi connectivity index (χ3v) is 15.8. The molecule has 0 rings (SSSR count). The van der Waals surface area contributed by atoms with E-state index in [0.29, 0.717) is 12.8 Å². The number of rotatable bonds is 61. The van der Waals surface area contributed by atoms with E-state index in [1.165, 1.54) is 308 Å². The molecule has 0 aliphatic carbocycles. The molecule has 6 heteroatoms. The molecule has 0 aromatic heterocycles. The molecular formula is C64H129NO5. The molecule has 0 saturated carbocycles. The summed E-state index contributed by atoms with van der Waals surface area (Å²) in [4.78, 5) is 12.6. The molecule has 0 saturated heterocycles. The average molecular weight is 993 g/mol. The first-order chi connectivity index (χ1) is 34.5. The Kier molecular flexibility index (Phi) is 58.6. The van der Waals surface area contributed by atoms with Gasteiger partial charge in [0.2, 0.25) is 5.91 Å². The summed E-state index contributed by atoms with van der Waals surface area (Å²) in [6, 6.07) is -0.982. The van der Waals surface area contributed by atoms with Crippen LogP contribution in [0.25, 0.3) is 0 Å². The standard InChI is InChI=1S/C64H129NO5/c1-3-5-7-9-11-13-15-17-19-21-23-25-27-29-30-31-32-34-35-37-39-41-43-45-47-49-51-53-55-57-61(67)63(69)60(59-66)65-64(70)62(68)58-56-54-52-50-48-46-44-42-40-38-36-33-28-26-24-22-20-18-16-14-12-10-8-6-4-2/h60-63,66-69H,3-59H2,1-2H3,(H,65,70). The monoisotopic (exact) mass is 992 g/mol. The SMILES string of the molecule is CCCCCCCCCCCCCCCCCCCCCCCCCCCCCCCC(O)C(O)C(CO)NC(=O)C(O)CCCCCCCCCCCCCCCCCCCCCCCCCCC. The Morgan fingerprint density at radius 1 is 0.300 bits per heavy atom. The molecule has 0 spiro atoms. The van der Waals surface area contributed by atoms with Crippen molar-refractivity contribution in [1.29, 1.82) is 0 Å². The van der Waals surface area contributed by atoms with Crippen LogP contribution in [0.4, 0.5) is 0 Å². The molecule has 4 atom stereocenters. The van der Waals surface area contributed by atoms with Gasteiger partial charge in [-0.05, 0) is 12.8 Å². The summed E-state index contributed by atoms with van der Waals surface area (Å²) >= 11 is 0. The van der Waals surface area contributed by atoms with Crippen LogP contribution in [-0.4, -0.2) is 57.3 Å². The molecule has 70 heavy (non-hydrogen) atoms. The van der Waals surface area contributed by atoms with Crippen molar-refractivity contribution in [3.8, 4) is 0 Å². The van der Waals surface area contributed by atoms with Crippen molar-refractivity contribution < 1.29 is 25.2 Å². The molecule has 0 aromatic carbocycles. The maximum Gasteiger partial charge on any atom is 0.249 e. The van der Waals surface area contributed by atoms with E-state index >= 15 is 0 Å². The van der Waals surface area contributed by atoms with Crippen molar-refractivity contribution in [2.45, 2.75) is 398 Å². The molecule has 0 aromatic rings. The average Bonchev–Trinajstić information content (AvgIpc) is 3.36. The largest absolute Gasteiger partial charge is 0.394 e. The summed E-state index contributed by atoms with van der Waals surface area (Å²) in [5.41, 5.74) is 0. The first kappa shape index (κ1) is 69.3. The Bertz CT molecular complexity index is 979. The van der Waals surface area contributed by atoms with E-state index in [9.17, 15) is 25.2 Å². The summed E-state index contributed by atoms with van der Waals surface area (Å²) in [7, 11) is 0. The van der Waals surface area contributed by atoms with Gasteiger partial charge in [0.05, 0.1) is 18.8 Å². The van der Waals surface area contributed by atoms with E-state index in [4.69, 9.17) is 0 Å². The molecule has 0 bridgehead atoms. The van der Waals surface area contributed by atoms with Crippen LogP contribution in [0.3, 0.4) is 0 Å². The minimum absolute atomic E-state index is 0.377. The lowest BCUT2D eigenvalue weighted by atomic mass is 9.99. The highest BCUT2D eigenvalue weighted by Crippen LogP contribution is 2.20. The van der Waals surface area contributed by atoms with Crippen molar-refractivity contribution in [2.24, 2.45) is 0 Å². The highest BCUT2D eigenvalue weighted by atomic mass is 16.3. The highest BCUT2D eigenvalue weighted by molar-refractivity contribution is 5.80. The zero-order chi connectivity index (χ0) is 50.9. The summed E-state index contributed by atoms with van der Waals surface area (Å²) in [5.74, 6) is -0.574. The van der Waals surface area contributed by atoms with Gasteiger partial charge in [-0.2, -0.15) is 0 Å². The molecule has 0 heterocycles. The number of carbonyl (C=O) groups excluding carboxylic acids is 1. The zero-order valence-corrected chi connectivity index (χ0v) is 47.8. The van der Waals surface area contributed by atoms with Crippen molar-refractivity contribution >= 4 is 5.91 Å². The van der Waals surface area contributed by atoms with E-state index in [1.807, 2.05) is 0 Å². The number of aliphatic hydroxyl groups excluding tert-OH is 4. The number of hydrogen-bond acceptors (Lipinski definition) is 5. The molecule has 0 fully saturated rings. The van der Waals surface area contributed by atoms with E-state index in [0.717, 1.165) is 38.5 Å². The second-order valence-corrected chi connectivity index (χ2v) is 22.8. The lowest BCUT2D eigenvalue weighted by molar-refractivity contribution is -0.132. The van der Waals surface area contributed by atoms with E-state index < -0.39 is 36.9 Å². The second-order valence-electron chi connectivity index (χ2n) is 22.8. The van der Waals surface area contributed by atoms with E-state index in [-0.39, 0.29) is 0 Å². The molecule has 1 amide bonds. The Morgan fingerprint density at radius 2 is 0.486 bits per heavy atom. The fourth-order valence-electron chi connectivity index (χ4n) is 10.8. The summed E-state index contributed by atoms with van der Waals surface area (Å²) in [6.07, 6.45) is 70.6. The maximum atomic E-state index is 12.6. The second kappa shape index (κ2) is 59.2. The molecule has 5 N–H and O–H groups in total. The molecule has 420 valence electrons.